The predicted molar refractivity (Wildman–Crippen MR) is 104 cm³/mol. The molecular formula is C21H28N4O2. The summed E-state index contributed by atoms with van der Waals surface area (Å²) in [5.41, 5.74) is 1.29. The first kappa shape index (κ1) is 18.2. The highest BCUT2D eigenvalue weighted by Gasteiger charge is 2.27. The largest absolute Gasteiger partial charge is 0.379 e. The smallest absolute Gasteiger partial charge is 0.236 e. The molecule has 144 valence electrons. The standard InChI is InChI=1S/C21H28N4O2/c26-20(17-23-12-14-27-15-13-23)24-9-6-19(7-10-24)21-22-8-11-25(21)16-18-4-2-1-3-5-18/h1-5,8,11,19H,6-7,9-10,12-17H2. The van der Waals surface area contributed by atoms with Gasteiger partial charge in [-0.3, -0.25) is 9.69 Å². The molecule has 0 spiro atoms. The molecular weight excluding hydrogens is 340 g/mol. The molecule has 1 aromatic carbocycles. The number of carbonyl (C=O) groups is 1. The van der Waals surface area contributed by atoms with E-state index in [2.05, 4.69) is 44.9 Å². The number of ether oxygens (including phenoxy) is 1. The highest BCUT2D eigenvalue weighted by atomic mass is 16.5. The average molecular weight is 368 g/mol. The van der Waals surface area contributed by atoms with E-state index >= 15 is 0 Å². The third-order valence-electron chi connectivity index (χ3n) is 5.62. The molecule has 2 aliphatic rings. The summed E-state index contributed by atoms with van der Waals surface area (Å²) in [6.07, 6.45) is 5.94. The Labute approximate surface area is 160 Å². The fourth-order valence-electron chi connectivity index (χ4n) is 4.03. The average Bonchev–Trinajstić information content (AvgIpc) is 3.18. The van der Waals surface area contributed by atoms with Gasteiger partial charge in [0.05, 0.1) is 19.8 Å². The van der Waals surface area contributed by atoms with Crippen LogP contribution in [0.25, 0.3) is 0 Å². The Balaban J connectivity index is 1.32. The van der Waals surface area contributed by atoms with Crippen LogP contribution in [0.3, 0.4) is 0 Å². The van der Waals surface area contributed by atoms with E-state index in [1.807, 2.05) is 17.2 Å². The Morgan fingerprint density at radius 3 is 2.56 bits per heavy atom. The van der Waals surface area contributed by atoms with E-state index in [1.165, 1.54) is 5.56 Å². The number of rotatable bonds is 5. The maximum atomic E-state index is 12.6. The first-order chi connectivity index (χ1) is 13.3. The molecule has 1 aromatic heterocycles. The fourth-order valence-corrected chi connectivity index (χ4v) is 4.03. The monoisotopic (exact) mass is 368 g/mol. The Bertz CT molecular complexity index is 732. The molecule has 0 atom stereocenters. The summed E-state index contributed by atoms with van der Waals surface area (Å²) in [4.78, 5) is 21.5. The zero-order valence-electron chi connectivity index (χ0n) is 15.8. The van der Waals surface area contributed by atoms with Gasteiger partial charge in [-0.25, -0.2) is 4.98 Å². The van der Waals surface area contributed by atoms with Gasteiger partial charge in [-0.1, -0.05) is 30.3 Å². The number of benzene rings is 1. The molecule has 3 heterocycles. The second-order valence-corrected chi connectivity index (χ2v) is 7.44. The van der Waals surface area contributed by atoms with E-state index in [9.17, 15) is 4.79 Å². The van der Waals surface area contributed by atoms with Crippen LogP contribution < -0.4 is 0 Å². The summed E-state index contributed by atoms with van der Waals surface area (Å²) in [5, 5.41) is 0. The van der Waals surface area contributed by atoms with Crippen molar-refractivity contribution in [2.45, 2.75) is 25.3 Å². The van der Waals surface area contributed by atoms with Gasteiger partial charge in [0, 0.05) is 51.0 Å². The molecule has 0 aliphatic carbocycles. The topological polar surface area (TPSA) is 50.6 Å². The number of hydrogen-bond acceptors (Lipinski definition) is 4. The second kappa shape index (κ2) is 8.67. The van der Waals surface area contributed by atoms with Crippen molar-refractivity contribution in [2.24, 2.45) is 0 Å². The minimum Gasteiger partial charge on any atom is -0.379 e. The van der Waals surface area contributed by atoms with Crippen LogP contribution in [0.2, 0.25) is 0 Å². The Morgan fingerprint density at radius 2 is 1.81 bits per heavy atom. The highest BCUT2D eigenvalue weighted by molar-refractivity contribution is 5.78. The first-order valence-corrected chi connectivity index (χ1v) is 9.92. The number of aromatic nitrogens is 2. The summed E-state index contributed by atoms with van der Waals surface area (Å²) in [5.74, 6) is 1.83. The van der Waals surface area contributed by atoms with Crippen LogP contribution in [-0.4, -0.2) is 71.2 Å². The number of amides is 1. The van der Waals surface area contributed by atoms with E-state index in [1.54, 1.807) is 0 Å². The SMILES string of the molecule is O=C(CN1CCOCC1)N1CCC(c2nccn2Cc2ccccc2)CC1. The molecule has 4 rings (SSSR count). The highest BCUT2D eigenvalue weighted by Crippen LogP contribution is 2.27. The minimum atomic E-state index is 0.253. The van der Waals surface area contributed by atoms with Crippen molar-refractivity contribution in [3.8, 4) is 0 Å². The van der Waals surface area contributed by atoms with Crippen LogP contribution in [0.5, 0.6) is 0 Å². The van der Waals surface area contributed by atoms with Crippen LogP contribution in [0.4, 0.5) is 0 Å². The van der Waals surface area contributed by atoms with E-state index < -0.39 is 0 Å². The molecule has 0 saturated carbocycles. The van der Waals surface area contributed by atoms with E-state index in [0.717, 1.165) is 64.6 Å². The van der Waals surface area contributed by atoms with Crippen molar-refractivity contribution in [2.75, 3.05) is 45.9 Å². The van der Waals surface area contributed by atoms with Gasteiger partial charge in [0.15, 0.2) is 0 Å². The third-order valence-corrected chi connectivity index (χ3v) is 5.62. The summed E-state index contributed by atoms with van der Waals surface area (Å²) in [6, 6.07) is 10.5. The normalized spacial score (nSPS) is 19.3. The van der Waals surface area contributed by atoms with Crippen molar-refractivity contribution in [1.82, 2.24) is 19.4 Å². The maximum Gasteiger partial charge on any atom is 0.236 e. The van der Waals surface area contributed by atoms with E-state index in [0.29, 0.717) is 12.5 Å². The zero-order valence-corrected chi connectivity index (χ0v) is 15.8. The van der Waals surface area contributed by atoms with Crippen molar-refractivity contribution < 1.29 is 9.53 Å². The Morgan fingerprint density at radius 1 is 1.07 bits per heavy atom. The molecule has 2 aliphatic heterocycles. The lowest BCUT2D eigenvalue weighted by molar-refractivity contribution is -0.134. The molecule has 0 radical (unpaired) electrons. The zero-order chi connectivity index (χ0) is 18.5. The van der Waals surface area contributed by atoms with Gasteiger partial charge in [-0.15, -0.1) is 0 Å². The number of morpholine rings is 1. The number of imidazole rings is 1. The second-order valence-electron chi connectivity index (χ2n) is 7.44. The van der Waals surface area contributed by atoms with Crippen LogP contribution in [0.15, 0.2) is 42.7 Å². The molecule has 0 N–H and O–H groups in total. The van der Waals surface area contributed by atoms with Crippen LogP contribution in [-0.2, 0) is 16.1 Å². The van der Waals surface area contributed by atoms with Crippen molar-refractivity contribution >= 4 is 5.91 Å². The molecule has 2 aromatic rings. The van der Waals surface area contributed by atoms with Crippen molar-refractivity contribution in [3.05, 3.63) is 54.1 Å². The Hall–Kier alpha value is -2.18. The van der Waals surface area contributed by atoms with Gasteiger partial charge in [-0.05, 0) is 18.4 Å². The number of likely N-dealkylation sites (tertiary alicyclic amines) is 1. The molecule has 6 heteroatoms. The van der Waals surface area contributed by atoms with Gasteiger partial charge >= 0.3 is 0 Å². The van der Waals surface area contributed by atoms with Crippen molar-refractivity contribution in [3.63, 3.8) is 0 Å². The number of carbonyl (C=O) groups excluding carboxylic acids is 1. The van der Waals surface area contributed by atoms with Gasteiger partial charge in [0.2, 0.25) is 5.91 Å². The lowest BCUT2D eigenvalue weighted by Crippen LogP contribution is -2.47. The quantitative estimate of drug-likeness (QED) is 0.810. The van der Waals surface area contributed by atoms with Gasteiger partial charge < -0.3 is 14.2 Å². The number of piperidine rings is 1. The molecule has 2 saturated heterocycles. The Kier molecular flexibility index (Phi) is 5.84. The summed E-state index contributed by atoms with van der Waals surface area (Å²) in [7, 11) is 0. The summed E-state index contributed by atoms with van der Waals surface area (Å²) >= 11 is 0. The predicted octanol–water partition coefficient (Wildman–Crippen LogP) is 1.97. The van der Waals surface area contributed by atoms with Crippen LogP contribution in [0.1, 0.15) is 30.1 Å². The number of hydrogen-bond donors (Lipinski definition) is 0. The molecule has 0 unspecified atom stereocenters. The lowest BCUT2D eigenvalue weighted by Gasteiger charge is -2.34. The molecule has 27 heavy (non-hydrogen) atoms. The van der Waals surface area contributed by atoms with Crippen LogP contribution >= 0.6 is 0 Å². The lowest BCUT2D eigenvalue weighted by atomic mass is 9.95. The first-order valence-electron chi connectivity index (χ1n) is 9.92. The van der Waals surface area contributed by atoms with Gasteiger partial charge in [-0.2, -0.15) is 0 Å². The summed E-state index contributed by atoms with van der Waals surface area (Å²) in [6.45, 7) is 6.22. The third kappa shape index (κ3) is 4.57. The number of nitrogens with zero attached hydrogens (tertiary/aromatic N) is 4. The minimum absolute atomic E-state index is 0.253. The van der Waals surface area contributed by atoms with Gasteiger partial charge in [0.25, 0.3) is 0 Å². The van der Waals surface area contributed by atoms with Crippen LogP contribution in [0, 0.1) is 0 Å². The summed E-state index contributed by atoms with van der Waals surface area (Å²) < 4.78 is 7.62. The van der Waals surface area contributed by atoms with Crippen molar-refractivity contribution in [1.29, 1.82) is 0 Å². The molecule has 6 nitrogen and oxygen atoms in total. The van der Waals surface area contributed by atoms with E-state index in [4.69, 9.17) is 4.74 Å². The molecule has 2 fully saturated rings. The maximum absolute atomic E-state index is 12.6. The van der Waals surface area contributed by atoms with Gasteiger partial charge in [0.1, 0.15) is 5.82 Å². The van der Waals surface area contributed by atoms with E-state index in [-0.39, 0.29) is 5.91 Å². The molecule has 0 bridgehead atoms. The fraction of sp³-hybridized carbons (Fsp3) is 0.524. The molecule has 1 amide bonds.